The molecule has 0 aromatic heterocycles. The van der Waals surface area contributed by atoms with Crippen LogP contribution in [-0.2, 0) is 0 Å². The van der Waals surface area contributed by atoms with Crippen LogP contribution < -0.4 is 0 Å². The Labute approximate surface area is 107 Å². The Morgan fingerprint density at radius 1 is 1.12 bits per heavy atom. The van der Waals surface area contributed by atoms with Gasteiger partial charge in [-0.2, -0.15) is 7.05 Å². The molecule has 1 nitrogen and oxygen atoms in total. The number of fused-ring (bicyclic) bond motifs is 1. The van der Waals surface area contributed by atoms with E-state index < -0.39 is 0 Å². The van der Waals surface area contributed by atoms with Crippen molar-refractivity contribution in [3.63, 3.8) is 0 Å². The molecule has 4 saturated carbocycles. The highest BCUT2D eigenvalue weighted by Crippen LogP contribution is 2.70. The van der Waals surface area contributed by atoms with Crippen LogP contribution in [0.5, 0.6) is 0 Å². The first-order valence-electron chi connectivity index (χ1n) is 7.48. The summed E-state index contributed by atoms with van der Waals surface area (Å²) in [6.07, 6.45) is 5.77. The lowest BCUT2D eigenvalue weighted by molar-refractivity contribution is -0.0516. The monoisotopic (exact) mass is 234 g/mol. The largest absolute Gasteiger partial charge is 0.662 e. The Morgan fingerprint density at radius 2 is 1.82 bits per heavy atom. The van der Waals surface area contributed by atoms with Gasteiger partial charge >= 0.3 is 0 Å². The Kier molecular flexibility index (Phi) is 2.47. The minimum Gasteiger partial charge on any atom is -0.662 e. The van der Waals surface area contributed by atoms with Gasteiger partial charge in [0.2, 0.25) is 0 Å². The van der Waals surface area contributed by atoms with Crippen molar-refractivity contribution in [2.75, 3.05) is 7.05 Å². The first-order chi connectivity index (χ1) is 7.89. The van der Waals surface area contributed by atoms with E-state index in [-0.39, 0.29) is 0 Å². The summed E-state index contributed by atoms with van der Waals surface area (Å²) in [5, 5.41) is 4.70. The first-order valence-corrected chi connectivity index (χ1v) is 7.48. The standard InChI is InChI=1S/C16H28N/c1-10(2)11-7-15(3)9-16(4)8-12(11)13(15)6-14(16)17-5/h10-14H,6-9H2,1-5H3/q-1/t11-,12?,13?,14+,15?,16?/m0/s1. The second-order valence-corrected chi connectivity index (χ2v) is 8.08. The van der Waals surface area contributed by atoms with Gasteiger partial charge in [0.1, 0.15) is 0 Å². The van der Waals surface area contributed by atoms with E-state index in [0.29, 0.717) is 16.9 Å². The van der Waals surface area contributed by atoms with Crippen molar-refractivity contribution in [2.45, 2.75) is 59.4 Å². The molecule has 0 aromatic rings. The highest BCUT2D eigenvalue weighted by molar-refractivity contribution is 5.18. The van der Waals surface area contributed by atoms with Gasteiger partial charge in [-0.1, -0.05) is 34.1 Å². The van der Waals surface area contributed by atoms with Gasteiger partial charge in [0.05, 0.1) is 0 Å². The molecule has 0 amide bonds. The maximum absolute atomic E-state index is 4.70. The van der Waals surface area contributed by atoms with Crippen LogP contribution in [0.1, 0.15) is 53.4 Å². The van der Waals surface area contributed by atoms with Crippen molar-refractivity contribution in [1.29, 1.82) is 0 Å². The topological polar surface area (TPSA) is 14.1 Å². The summed E-state index contributed by atoms with van der Waals surface area (Å²) in [5.41, 5.74) is 1.17. The first kappa shape index (κ1) is 12.0. The molecular formula is C16H28N-. The molecule has 98 valence electrons. The van der Waals surface area contributed by atoms with Crippen LogP contribution in [0, 0.1) is 34.5 Å². The maximum atomic E-state index is 4.70. The fourth-order valence-electron chi connectivity index (χ4n) is 6.07. The summed E-state index contributed by atoms with van der Waals surface area (Å²) in [6.45, 7) is 9.98. The van der Waals surface area contributed by atoms with E-state index in [9.17, 15) is 0 Å². The highest BCUT2D eigenvalue weighted by Gasteiger charge is 2.62. The third-order valence-electron chi connectivity index (χ3n) is 6.62. The fourth-order valence-corrected chi connectivity index (χ4v) is 6.07. The molecule has 17 heavy (non-hydrogen) atoms. The molecule has 4 unspecified atom stereocenters. The minimum atomic E-state index is 0.520. The lowest BCUT2D eigenvalue weighted by Crippen LogP contribution is -2.53. The van der Waals surface area contributed by atoms with Gasteiger partial charge in [-0.25, -0.2) is 0 Å². The van der Waals surface area contributed by atoms with E-state index in [4.69, 9.17) is 5.32 Å². The van der Waals surface area contributed by atoms with E-state index >= 15 is 0 Å². The average Bonchev–Trinajstić information content (AvgIpc) is 2.43. The van der Waals surface area contributed by atoms with Crippen molar-refractivity contribution < 1.29 is 0 Å². The lowest BCUT2D eigenvalue weighted by atomic mass is 9.49. The molecule has 0 aromatic carbocycles. The van der Waals surface area contributed by atoms with Gasteiger partial charge in [0.25, 0.3) is 0 Å². The van der Waals surface area contributed by atoms with E-state index in [1.807, 2.05) is 7.05 Å². The quantitative estimate of drug-likeness (QED) is 0.669. The predicted octanol–water partition coefficient (Wildman–Crippen LogP) is 4.48. The molecule has 0 spiro atoms. The van der Waals surface area contributed by atoms with E-state index in [1.54, 1.807) is 0 Å². The van der Waals surface area contributed by atoms with Crippen LogP contribution in [0.3, 0.4) is 0 Å². The molecule has 0 saturated heterocycles. The predicted molar refractivity (Wildman–Crippen MR) is 73.1 cm³/mol. The fraction of sp³-hybridized carbons (Fsp3) is 1.00. The zero-order valence-corrected chi connectivity index (χ0v) is 12.2. The molecule has 0 aliphatic heterocycles. The number of hydrogen-bond acceptors (Lipinski definition) is 0. The van der Waals surface area contributed by atoms with E-state index in [1.165, 1.54) is 25.7 Å². The summed E-state index contributed by atoms with van der Waals surface area (Å²) in [5.74, 6) is 3.86. The van der Waals surface area contributed by atoms with Crippen molar-refractivity contribution in [2.24, 2.45) is 34.5 Å². The molecule has 0 radical (unpaired) electrons. The second-order valence-electron chi connectivity index (χ2n) is 8.08. The second kappa shape index (κ2) is 3.50. The van der Waals surface area contributed by atoms with Crippen LogP contribution >= 0.6 is 0 Å². The van der Waals surface area contributed by atoms with Gasteiger partial charge in [0.15, 0.2) is 0 Å². The lowest BCUT2D eigenvalue weighted by Gasteiger charge is -2.63. The molecule has 1 heteroatoms. The Morgan fingerprint density at radius 3 is 2.35 bits per heavy atom. The van der Waals surface area contributed by atoms with Gasteiger partial charge in [-0.05, 0) is 53.8 Å². The zero-order chi connectivity index (χ0) is 12.4. The smallest absolute Gasteiger partial charge is 0.0288 e. The minimum absolute atomic E-state index is 0.520. The molecule has 0 N–H and O–H groups in total. The van der Waals surface area contributed by atoms with Crippen molar-refractivity contribution in [1.82, 2.24) is 0 Å². The summed E-state index contributed by atoms with van der Waals surface area (Å²) < 4.78 is 0. The maximum Gasteiger partial charge on any atom is -0.0288 e. The highest BCUT2D eigenvalue weighted by atomic mass is 14.9. The number of rotatable bonds is 2. The molecule has 4 fully saturated rings. The summed E-state index contributed by atoms with van der Waals surface area (Å²) in [7, 11) is 2.04. The van der Waals surface area contributed by atoms with Crippen LogP contribution in [0.25, 0.3) is 5.32 Å². The molecule has 4 aliphatic rings. The van der Waals surface area contributed by atoms with E-state index in [0.717, 1.165) is 23.7 Å². The Hall–Kier alpha value is -0.0400. The third kappa shape index (κ3) is 1.47. The Bertz CT molecular complexity index is 323. The van der Waals surface area contributed by atoms with Crippen LogP contribution in [0.4, 0.5) is 0 Å². The molecule has 4 bridgehead atoms. The average molecular weight is 234 g/mol. The SMILES string of the molecule is C[N-][C@@H]1CC2C3CC1(C)CC2(C)C[C@H]3C(C)C. The van der Waals surface area contributed by atoms with Crippen LogP contribution in [0.15, 0.2) is 0 Å². The molecule has 4 aliphatic carbocycles. The van der Waals surface area contributed by atoms with Gasteiger partial charge in [0, 0.05) is 0 Å². The van der Waals surface area contributed by atoms with Crippen molar-refractivity contribution in [3.8, 4) is 0 Å². The number of nitrogens with zero attached hydrogens (tertiary/aromatic N) is 1. The summed E-state index contributed by atoms with van der Waals surface area (Å²) >= 11 is 0. The molecule has 0 heterocycles. The Balaban J connectivity index is 1.94. The van der Waals surface area contributed by atoms with Gasteiger partial charge < -0.3 is 5.32 Å². The van der Waals surface area contributed by atoms with Crippen molar-refractivity contribution in [3.05, 3.63) is 5.32 Å². The van der Waals surface area contributed by atoms with Crippen LogP contribution in [0.2, 0.25) is 0 Å². The van der Waals surface area contributed by atoms with Crippen LogP contribution in [-0.4, -0.2) is 13.1 Å². The zero-order valence-electron chi connectivity index (χ0n) is 12.2. The van der Waals surface area contributed by atoms with Gasteiger partial charge in [-0.3, -0.25) is 0 Å². The summed E-state index contributed by atoms with van der Waals surface area (Å²) in [6, 6.07) is 0.655. The normalized spacial score (nSPS) is 56.8. The molecule has 4 rings (SSSR count). The molecule has 6 atom stereocenters. The molecular weight excluding hydrogens is 206 g/mol. The van der Waals surface area contributed by atoms with E-state index in [2.05, 4.69) is 27.7 Å². The number of hydrogen-bond donors (Lipinski definition) is 0. The van der Waals surface area contributed by atoms with Gasteiger partial charge in [-0.15, -0.1) is 6.04 Å². The van der Waals surface area contributed by atoms with Crippen molar-refractivity contribution >= 4 is 0 Å². The summed E-state index contributed by atoms with van der Waals surface area (Å²) in [4.78, 5) is 0. The third-order valence-corrected chi connectivity index (χ3v) is 6.62.